The lowest BCUT2D eigenvalue weighted by molar-refractivity contribution is 0.207. The zero-order valence-electron chi connectivity index (χ0n) is 14.5. The first-order valence-electron chi connectivity index (χ1n) is 8.23. The molecule has 0 aromatic carbocycles. The Balaban J connectivity index is 1.53. The summed E-state index contributed by atoms with van der Waals surface area (Å²) >= 11 is 1.65. The van der Waals surface area contributed by atoms with Crippen molar-refractivity contribution in [1.29, 1.82) is 0 Å². The van der Waals surface area contributed by atoms with Crippen LogP contribution >= 0.6 is 11.3 Å². The summed E-state index contributed by atoms with van der Waals surface area (Å²) in [5.41, 5.74) is 1.12. The molecule has 1 fully saturated rings. The fourth-order valence-electron chi connectivity index (χ4n) is 2.96. The second-order valence-electron chi connectivity index (χ2n) is 6.47. The van der Waals surface area contributed by atoms with Crippen molar-refractivity contribution >= 4 is 17.4 Å². The highest BCUT2D eigenvalue weighted by Gasteiger charge is 2.30. The number of nitrogens with one attached hydrogen (secondary N) is 1. The van der Waals surface area contributed by atoms with Crippen LogP contribution in [0.25, 0.3) is 0 Å². The number of aromatic nitrogens is 3. The van der Waals surface area contributed by atoms with E-state index < -0.39 is 0 Å². The van der Waals surface area contributed by atoms with Crippen LogP contribution in [0.15, 0.2) is 4.52 Å². The molecule has 8 heteroatoms. The summed E-state index contributed by atoms with van der Waals surface area (Å²) in [4.78, 5) is 24.3. The van der Waals surface area contributed by atoms with Crippen LogP contribution in [0, 0.1) is 13.8 Å². The van der Waals surface area contributed by atoms with Crippen molar-refractivity contribution in [3.05, 3.63) is 27.3 Å². The highest BCUT2D eigenvalue weighted by molar-refractivity contribution is 7.11. The lowest BCUT2D eigenvalue weighted by Crippen LogP contribution is -2.37. The molecule has 2 aromatic heterocycles. The predicted molar refractivity (Wildman–Crippen MR) is 91.1 cm³/mol. The summed E-state index contributed by atoms with van der Waals surface area (Å²) in [6.07, 6.45) is 0.850. The number of carbonyl (C=O) groups is 1. The van der Waals surface area contributed by atoms with E-state index >= 15 is 0 Å². The lowest BCUT2D eigenvalue weighted by Gasteiger charge is -2.16. The number of nitrogens with zero attached hydrogens (tertiary/aromatic N) is 4. The molecule has 2 amide bonds. The molecule has 1 unspecified atom stereocenters. The normalized spacial score (nSPS) is 17.7. The third kappa shape index (κ3) is 3.58. The molecule has 24 heavy (non-hydrogen) atoms. The first-order chi connectivity index (χ1) is 11.4. The molecule has 0 aliphatic carbocycles. The summed E-state index contributed by atoms with van der Waals surface area (Å²) in [5.74, 6) is 1.79. The maximum Gasteiger partial charge on any atom is 0.317 e. The first-order valence-corrected chi connectivity index (χ1v) is 9.05. The fourth-order valence-corrected chi connectivity index (χ4v) is 3.99. The standard InChI is InChI=1S/C16H23N5O2S/c1-9(2)14-10(3)24-13(19-14)7-17-16(22)21-6-5-12(8-21)15-18-11(4)20-23-15/h9,12H,5-8H2,1-4H3,(H,17,22). The minimum Gasteiger partial charge on any atom is -0.339 e. The molecule has 3 rings (SSSR count). The van der Waals surface area contributed by atoms with Crippen LogP contribution in [0.1, 0.15) is 59.4 Å². The molecule has 0 radical (unpaired) electrons. The van der Waals surface area contributed by atoms with E-state index in [1.165, 1.54) is 4.88 Å². The van der Waals surface area contributed by atoms with Crippen LogP contribution in [0.4, 0.5) is 4.79 Å². The van der Waals surface area contributed by atoms with Crippen LogP contribution in [0.5, 0.6) is 0 Å². The number of rotatable bonds is 4. The summed E-state index contributed by atoms with van der Waals surface area (Å²) in [6.45, 7) is 9.93. The van der Waals surface area contributed by atoms with Crippen molar-refractivity contribution in [2.75, 3.05) is 13.1 Å². The largest absolute Gasteiger partial charge is 0.339 e. The maximum atomic E-state index is 12.4. The lowest BCUT2D eigenvalue weighted by atomic mass is 10.1. The maximum absolute atomic E-state index is 12.4. The van der Waals surface area contributed by atoms with Gasteiger partial charge in [0, 0.05) is 18.0 Å². The molecule has 2 aromatic rings. The van der Waals surface area contributed by atoms with Crippen molar-refractivity contribution < 1.29 is 9.32 Å². The molecule has 1 aliphatic rings. The SMILES string of the molecule is Cc1noc(C2CCN(C(=O)NCc3nc(C(C)C)c(C)s3)C2)n1. The van der Waals surface area contributed by atoms with Gasteiger partial charge in [-0.3, -0.25) is 0 Å². The first kappa shape index (κ1) is 16.9. The molecule has 1 saturated heterocycles. The van der Waals surface area contributed by atoms with Crippen molar-refractivity contribution in [3.8, 4) is 0 Å². The molecule has 0 saturated carbocycles. The number of hydrogen-bond acceptors (Lipinski definition) is 6. The van der Waals surface area contributed by atoms with Crippen LogP contribution < -0.4 is 5.32 Å². The van der Waals surface area contributed by atoms with Crippen molar-refractivity contribution in [3.63, 3.8) is 0 Å². The predicted octanol–water partition coefficient (Wildman–Crippen LogP) is 2.97. The van der Waals surface area contributed by atoms with Gasteiger partial charge in [0.25, 0.3) is 0 Å². The Bertz CT molecular complexity index is 724. The van der Waals surface area contributed by atoms with E-state index in [4.69, 9.17) is 4.52 Å². The van der Waals surface area contributed by atoms with Gasteiger partial charge in [-0.1, -0.05) is 19.0 Å². The van der Waals surface area contributed by atoms with Gasteiger partial charge < -0.3 is 14.7 Å². The molecule has 0 spiro atoms. The second-order valence-corrected chi connectivity index (χ2v) is 7.76. The van der Waals surface area contributed by atoms with Crippen molar-refractivity contribution in [2.45, 2.75) is 52.5 Å². The summed E-state index contributed by atoms with van der Waals surface area (Å²) in [7, 11) is 0. The number of likely N-dealkylation sites (tertiary alicyclic amines) is 1. The van der Waals surface area contributed by atoms with E-state index in [0.29, 0.717) is 37.3 Å². The average Bonchev–Trinajstić information content (AvgIpc) is 3.23. The molecular weight excluding hydrogens is 326 g/mol. The highest BCUT2D eigenvalue weighted by Crippen LogP contribution is 2.26. The van der Waals surface area contributed by atoms with Crippen LogP contribution in [0.3, 0.4) is 0 Å². The highest BCUT2D eigenvalue weighted by atomic mass is 32.1. The van der Waals surface area contributed by atoms with E-state index in [-0.39, 0.29) is 11.9 Å². The zero-order chi connectivity index (χ0) is 17.3. The third-order valence-corrected chi connectivity index (χ3v) is 5.17. The van der Waals surface area contributed by atoms with Crippen molar-refractivity contribution in [2.24, 2.45) is 0 Å². The molecule has 0 bridgehead atoms. The molecule has 3 heterocycles. The van der Waals surface area contributed by atoms with Gasteiger partial charge >= 0.3 is 6.03 Å². The fraction of sp³-hybridized carbons (Fsp3) is 0.625. The Morgan fingerprint density at radius 2 is 2.21 bits per heavy atom. The zero-order valence-corrected chi connectivity index (χ0v) is 15.3. The monoisotopic (exact) mass is 349 g/mol. The number of carbonyl (C=O) groups excluding carboxylic acids is 1. The Morgan fingerprint density at radius 1 is 1.42 bits per heavy atom. The molecular formula is C16H23N5O2S. The summed E-state index contributed by atoms with van der Waals surface area (Å²) in [5, 5.41) is 7.74. The Morgan fingerprint density at radius 3 is 2.83 bits per heavy atom. The van der Waals surface area contributed by atoms with Crippen LogP contribution in [-0.2, 0) is 6.54 Å². The van der Waals surface area contributed by atoms with Gasteiger partial charge in [-0.2, -0.15) is 4.98 Å². The number of hydrogen-bond donors (Lipinski definition) is 1. The quantitative estimate of drug-likeness (QED) is 0.917. The van der Waals surface area contributed by atoms with E-state index in [1.54, 1.807) is 23.2 Å². The molecule has 1 N–H and O–H groups in total. The number of aryl methyl sites for hydroxylation is 2. The number of thiazole rings is 1. The van der Waals surface area contributed by atoms with E-state index in [2.05, 4.69) is 41.2 Å². The van der Waals surface area contributed by atoms with Crippen molar-refractivity contribution in [1.82, 2.24) is 25.3 Å². The average molecular weight is 349 g/mol. The van der Waals surface area contributed by atoms with Gasteiger partial charge in [0.05, 0.1) is 18.2 Å². The van der Waals surface area contributed by atoms with E-state index in [1.807, 2.05) is 0 Å². The minimum atomic E-state index is -0.0623. The molecule has 1 atom stereocenters. The number of urea groups is 1. The Kier molecular flexibility index (Phi) is 4.84. The van der Waals surface area contributed by atoms with Gasteiger partial charge in [-0.15, -0.1) is 11.3 Å². The summed E-state index contributed by atoms with van der Waals surface area (Å²) in [6, 6.07) is -0.0623. The second kappa shape index (κ2) is 6.88. The van der Waals surface area contributed by atoms with Gasteiger partial charge in [0.1, 0.15) is 5.01 Å². The molecule has 7 nitrogen and oxygen atoms in total. The Labute approximate surface area is 145 Å². The molecule has 1 aliphatic heterocycles. The Hall–Kier alpha value is -1.96. The van der Waals surface area contributed by atoms with Gasteiger partial charge in [0.15, 0.2) is 5.82 Å². The van der Waals surface area contributed by atoms with Gasteiger partial charge in [-0.05, 0) is 26.2 Å². The minimum absolute atomic E-state index is 0.0623. The summed E-state index contributed by atoms with van der Waals surface area (Å²) < 4.78 is 5.22. The van der Waals surface area contributed by atoms with Gasteiger partial charge in [-0.25, -0.2) is 9.78 Å². The topological polar surface area (TPSA) is 84.2 Å². The van der Waals surface area contributed by atoms with Gasteiger partial charge in [0.2, 0.25) is 5.89 Å². The third-order valence-electron chi connectivity index (χ3n) is 4.18. The van der Waals surface area contributed by atoms with Crippen LogP contribution in [0.2, 0.25) is 0 Å². The molecule has 130 valence electrons. The smallest absolute Gasteiger partial charge is 0.317 e. The van der Waals surface area contributed by atoms with Crippen LogP contribution in [-0.4, -0.2) is 39.1 Å². The van der Waals surface area contributed by atoms with E-state index in [0.717, 1.165) is 17.1 Å². The number of amides is 2. The van der Waals surface area contributed by atoms with E-state index in [9.17, 15) is 4.79 Å².